The second kappa shape index (κ2) is 5.08. The van der Waals surface area contributed by atoms with Gasteiger partial charge in [0.1, 0.15) is 0 Å². The fourth-order valence-corrected chi connectivity index (χ4v) is 2.42. The van der Waals surface area contributed by atoms with Crippen LogP contribution in [0.5, 0.6) is 0 Å². The Hall–Kier alpha value is 0.250. The van der Waals surface area contributed by atoms with Crippen LogP contribution in [-0.4, -0.2) is 19.1 Å². The number of rotatable bonds is 4. The van der Waals surface area contributed by atoms with E-state index in [4.69, 9.17) is 16.3 Å². The van der Waals surface area contributed by atoms with Crippen molar-refractivity contribution in [2.24, 2.45) is 11.8 Å². The lowest BCUT2D eigenvalue weighted by Gasteiger charge is -2.16. The van der Waals surface area contributed by atoms with E-state index < -0.39 is 0 Å². The summed E-state index contributed by atoms with van der Waals surface area (Å²) >= 11 is 6.14. The van der Waals surface area contributed by atoms with Gasteiger partial charge in [-0.05, 0) is 37.5 Å². The molecule has 1 aliphatic carbocycles. The maximum absolute atomic E-state index is 6.14. The zero-order chi connectivity index (χ0) is 8.97. The highest BCUT2D eigenvalue weighted by atomic mass is 35.5. The van der Waals surface area contributed by atoms with E-state index in [1.54, 1.807) is 7.11 Å². The van der Waals surface area contributed by atoms with E-state index in [-0.39, 0.29) is 0 Å². The minimum Gasteiger partial charge on any atom is -0.385 e. The maximum atomic E-state index is 6.14. The summed E-state index contributed by atoms with van der Waals surface area (Å²) in [5, 5.41) is 0.428. The van der Waals surface area contributed by atoms with Crippen molar-refractivity contribution >= 4 is 11.6 Å². The first kappa shape index (κ1) is 10.3. The van der Waals surface area contributed by atoms with E-state index in [0.717, 1.165) is 12.5 Å². The molecular formula is C10H19ClO. The first-order chi connectivity index (χ1) is 5.75. The molecule has 0 radical (unpaired) electrons. The fourth-order valence-electron chi connectivity index (χ4n) is 2.09. The van der Waals surface area contributed by atoms with Gasteiger partial charge in [-0.3, -0.25) is 0 Å². The number of ether oxygens (including phenoxy) is 1. The van der Waals surface area contributed by atoms with Crippen molar-refractivity contribution in [2.45, 2.75) is 38.0 Å². The maximum Gasteiger partial charge on any atom is 0.0462 e. The summed E-state index contributed by atoms with van der Waals surface area (Å²) in [6, 6.07) is 0. The molecule has 1 fully saturated rings. The van der Waals surface area contributed by atoms with Crippen LogP contribution in [0.15, 0.2) is 0 Å². The SMILES string of the molecule is COCCCC1CCC(Cl)C1C. The molecule has 1 aliphatic rings. The van der Waals surface area contributed by atoms with Crippen LogP contribution in [0.1, 0.15) is 32.6 Å². The second-order valence-corrected chi connectivity index (χ2v) is 4.41. The molecule has 0 amide bonds. The Kier molecular flexibility index (Phi) is 4.38. The average molecular weight is 191 g/mol. The normalized spacial score (nSPS) is 35.8. The van der Waals surface area contributed by atoms with Crippen LogP contribution in [0.3, 0.4) is 0 Å². The van der Waals surface area contributed by atoms with E-state index >= 15 is 0 Å². The monoisotopic (exact) mass is 190 g/mol. The number of hydrogen-bond acceptors (Lipinski definition) is 1. The lowest BCUT2D eigenvalue weighted by molar-refractivity contribution is 0.183. The zero-order valence-electron chi connectivity index (χ0n) is 8.05. The number of halogens is 1. The Labute approximate surface area is 80.4 Å². The summed E-state index contributed by atoms with van der Waals surface area (Å²) in [4.78, 5) is 0. The first-order valence-electron chi connectivity index (χ1n) is 4.88. The van der Waals surface area contributed by atoms with Crippen molar-refractivity contribution in [3.8, 4) is 0 Å². The summed E-state index contributed by atoms with van der Waals surface area (Å²) in [5.41, 5.74) is 0. The predicted octanol–water partition coefficient (Wildman–Crippen LogP) is 3.07. The van der Waals surface area contributed by atoms with Crippen LogP contribution in [0.25, 0.3) is 0 Å². The quantitative estimate of drug-likeness (QED) is 0.489. The lowest BCUT2D eigenvalue weighted by Crippen LogP contribution is -2.11. The predicted molar refractivity (Wildman–Crippen MR) is 52.6 cm³/mol. The Morgan fingerprint density at radius 3 is 2.67 bits per heavy atom. The largest absolute Gasteiger partial charge is 0.385 e. The van der Waals surface area contributed by atoms with E-state index in [0.29, 0.717) is 11.3 Å². The minimum absolute atomic E-state index is 0.428. The summed E-state index contributed by atoms with van der Waals surface area (Å²) in [5.74, 6) is 1.56. The molecule has 3 atom stereocenters. The molecule has 3 unspecified atom stereocenters. The molecule has 0 N–H and O–H groups in total. The van der Waals surface area contributed by atoms with Crippen LogP contribution < -0.4 is 0 Å². The molecule has 0 saturated heterocycles. The molecule has 0 bridgehead atoms. The van der Waals surface area contributed by atoms with Crippen molar-refractivity contribution in [3.63, 3.8) is 0 Å². The summed E-state index contributed by atoms with van der Waals surface area (Å²) < 4.78 is 5.03. The second-order valence-electron chi connectivity index (χ2n) is 3.85. The van der Waals surface area contributed by atoms with Gasteiger partial charge in [-0.25, -0.2) is 0 Å². The molecule has 1 nitrogen and oxygen atoms in total. The fraction of sp³-hybridized carbons (Fsp3) is 1.00. The Morgan fingerprint density at radius 2 is 2.17 bits per heavy atom. The molecule has 12 heavy (non-hydrogen) atoms. The van der Waals surface area contributed by atoms with Gasteiger partial charge in [0.15, 0.2) is 0 Å². The third-order valence-corrected chi connectivity index (χ3v) is 3.67. The molecule has 0 heterocycles. The zero-order valence-corrected chi connectivity index (χ0v) is 8.81. The van der Waals surface area contributed by atoms with E-state index in [2.05, 4.69) is 6.92 Å². The van der Waals surface area contributed by atoms with Gasteiger partial charge < -0.3 is 4.74 Å². The molecule has 0 aliphatic heterocycles. The van der Waals surface area contributed by atoms with Gasteiger partial charge in [-0.2, -0.15) is 0 Å². The highest BCUT2D eigenvalue weighted by Crippen LogP contribution is 2.37. The van der Waals surface area contributed by atoms with E-state index in [1.807, 2.05) is 0 Å². The summed E-state index contributed by atoms with van der Waals surface area (Å²) in [6.45, 7) is 3.18. The Bertz CT molecular complexity index is 127. The molecule has 1 rings (SSSR count). The molecule has 72 valence electrons. The summed E-state index contributed by atoms with van der Waals surface area (Å²) in [6.07, 6.45) is 5.01. The molecule has 1 saturated carbocycles. The van der Waals surface area contributed by atoms with Gasteiger partial charge >= 0.3 is 0 Å². The first-order valence-corrected chi connectivity index (χ1v) is 5.32. The van der Waals surface area contributed by atoms with Crippen molar-refractivity contribution < 1.29 is 4.74 Å². The van der Waals surface area contributed by atoms with E-state index in [9.17, 15) is 0 Å². The molecule has 2 heteroatoms. The molecule has 0 spiro atoms. The van der Waals surface area contributed by atoms with Crippen LogP contribution in [0, 0.1) is 11.8 Å². The Morgan fingerprint density at radius 1 is 1.42 bits per heavy atom. The van der Waals surface area contributed by atoms with E-state index in [1.165, 1.54) is 25.7 Å². The van der Waals surface area contributed by atoms with Crippen molar-refractivity contribution in [3.05, 3.63) is 0 Å². The topological polar surface area (TPSA) is 9.23 Å². The van der Waals surface area contributed by atoms with Gasteiger partial charge in [-0.15, -0.1) is 11.6 Å². The molecule has 0 aromatic rings. The summed E-state index contributed by atoms with van der Waals surface area (Å²) in [7, 11) is 1.77. The third kappa shape index (κ3) is 2.63. The number of hydrogen-bond donors (Lipinski definition) is 0. The minimum atomic E-state index is 0.428. The van der Waals surface area contributed by atoms with Crippen molar-refractivity contribution in [1.82, 2.24) is 0 Å². The highest BCUT2D eigenvalue weighted by molar-refractivity contribution is 6.20. The average Bonchev–Trinajstić information content (AvgIpc) is 2.36. The highest BCUT2D eigenvalue weighted by Gasteiger charge is 2.30. The van der Waals surface area contributed by atoms with Crippen LogP contribution in [0.4, 0.5) is 0 Å². The van der Waals surface area contributed by atoms with Gasteiger partial charge in [0, 0.05) is 19.1 Å². The smallest absolute Gasteiger partial charge is 0.0462 e. The van der Waals surface area contributed by atoms with Crippen LogP contribution in [0.2, 0.25) is 0 Å². The van der Waals surface area contributed by atoms with Crippen LogP contribution >= 0.6 is 11.6 Å². The number of alkyl halides is 1. The van der Waals surface area contributed by atoms with Crippen molar-refractivity contribution in [2.75, 3.05) is 13.7 Å². The van der Waals surface area contributed by atoms with Gasteiger partial charge in [-0.1, -0.05) is 6.92 Å². The lowest BCUT2D eigenvalue weighted by atomic mass is 9.93. The number of methoxy groups -OCH3 is 1. The third-order valence-electron chi connectivity index (χ3n) is 3.05. The molecule has 0 aromatic carbocycles. The standard InChI is InChI=1S/C10H19ClO/c1-8-9(4-3-7-12-2)5-6-10(8)11/h8-10H,3-7H2,1-2H3. The molecular weight excluding hydrogens is 172 g/mol. The van der Waals surface area contributed by atoms with Gasteiger partial charge in [0.25, 0.3) is 0 Å². The van der Waals surface area contributed by atoms with Gasteiger partial charge in [0.05, 0.1) is 0 Å². The van der Waals surface area contributed by atoms with Gasteiger partial charge in [0.2, 0.25) is 0 Å². The van der Waals surface area contributed by atoms with Crippen LogP contribution in [-0.2, 0) is 4.74 Å². The Balaban J connectivity index is 2.16. The van der Waals surface area contributed by atoms with Crippen molar-refractivity contribution in [1.29, 1.82) is 0 Å². The molecule has 0 aromatic heterocycles.